The molecule has 1 aromatic rings. The van der Waals surface area contributed by atoms with Crippen LogP contribution in [0.15, 0.2) is 18.2 Å². The zero-order chi connectivity index (χ0) is 18.7. The maximum atomic E-state index is 12.0. The van der Waals surface area contributed by atoms with Gasteiger partial charge >= 0.3 is 17.9 Å². The lowest BCUT2D eigenvalue weighted by molar-refractivity contribution is -0.136. The molecule has 0 atom stereocenters. The van der Waals surface area contributed by atoms with Crippen molar-refractivity contribution < 1.29 is 29.3 Å². The topological polar surface area (TPSA) is 101 Å². The van der Waals surface area contributed by atoms with E-state index in [0.29, 0.717) is 23.1 Å². The molecule has 1 aliphatic heterocycles. The second-order valence-corrected chi connectivity index (χ2v) is 5.98. The van der Waals surface area contributed by atoms with E-state index in [-0.39, 0.29) is 30.6 Å². The van der Waals surface area contributed by atoms with E-state index in [1.54, 1.807) is 19.1 Å². The summed E-state index contributed by atoms with van der Waals surface area (Å²) in [5.74, 6) is -2.70. The Morgan fingerprint density at radius 1 is 1.28 bits per heavy atom. The van der Waals surface area contributed by atoms with Crippen molar-refractivity contribution in [3.8, 4) is 0 Å². The smallest absolute Gasteiger partial charge is 0.339 e. The van der Waals surface area contributed by atoms with Crippen LogP contribution in [0, 0.1) is 6.92 Å². The highest BCUT2D eigenvalue weighted by Gasteiger charge is 2.33. The van der Waals surface area contributed by atoms with Gasteiger partial charge in [0.2, 0.25) is 0 Å². The number of hydrogen-bond donors (Lipinski definition) is 2. The number of aliphatic carboxylic acids is 1. The van der Waals surface area contributed by atoms with Crippen molar-refractivity contribution in [2.24, 2.45) is 0 Å². The molecule has 1 heterocycles. The molecule has 0 bridgehead atoms. The molecule has 6 nitrogen and oxygen atoms in total. The van der Waals surface area contributed by atoms with Gasteiger partial charge in [-0.3, -0.25) is 4.79 Å². The van der Waals surface area contributed by atoms with Crippen molar-refractivity contribution in [3.63, 3.8) is 0 Å². The largest absolute Gasteiger partial charge is 0.481 e. The normalized spacial score (nSPS) is 13.4. The summed E-state index contributed by atoms with van der Waals surface area (Å²) < 4.78 is 5.02. The number of allylic oxidation sites excluding steroid dienone is 2. The predicted molar refractivity (Wildman–Crippen MR) is 91.7 cm³/mol. The molecule has 132 valence electrons. The number of fused-ring (bicyclic) bond motifs is 1. The van der Waals surface area contributed by atoms with Gasteiger partial charge in [0.25, 0.3) is 0 Å². The number of aromatic carboxylic acids is 1. The SMILES string of the molecule is C=Cc1c(C)c2c(c(C(=O)O)c1C/C=C(\C)CCC(=O)O)C(=O)OC2. The predicted octanol–water partition coefficient (Wildman–Crippen LogP) is 3.36. The number of rotatable bonds is 7. The van der Waals surface area contributed by atoms with Gasteiger partial charge in [0.1, 0.15) is 6.61 Å². The van der Waals surface area contributed by atoms with Crippen molar-refractivity contribution in [1.29, 1.82) is 0 Å². The van der Waals surface area contributed by atoms with E-state index >= 15 is 0 Å². The third-order valence-corrected chi connectivity index (χ3v) is 4.39. The second-order valence-electron chi connectivity index (χ2n) is 5.98. The number of ether oxygens (including phenoxy) is 1. The molecule has 0 unspecified atom stereocenters. The minimum Gasteiger partial charge on any atom is -0.481 e. The summed E-state index contributed by atoms with van der Waals surface area (Å²) in [6, 6.07) is 0. The number of carboxylic acids is 2. The summed E-state index contributed by atoms with van der Waals surface area (Å²) in [6.45, 7) is 7.44. The van der Waals surface area contributed by atoms with E-state index in [9.17, 15) is 19.5 Å². The van der Waals surface area contributed by atoms with Crippen LogP contribution in [-0.2, 0) is 22.6 Å². The molecule has 6 heteroatoms. The Bertz CT molecular complexity index is 801. The molecular weight excluding hydrogens is 324 g/mol. The molecule has 2 N–H and O–H groups in total. The fraction of sp³-hybridized carbons (Fsp3) is 0.316. The van der Waals surface area contributed by atoms with Gasteiger partial charge < -0.3 is 14.9 Å². The van der Waals surface area contributed by atoms with E-state index in [4.69, 9.17) is 9.84 Å². The maximum absolute atomic E-state index is 12.0. The van der Waals surface area contributed by atoms with Crippen LogP contribution in [0.25, 0.3) is 6.08 Å². The van der Waals surface area contributed by atoms with Crippen LogP contribution in [0.1, 0.15) is 62.7 Å². The first-order valence-corrected chi connectivity index (χ1v) is 7.86. The molecule has 0 amide bonds. The molecule has 1 aromatic carbocycles. The summed E-state index contributed by atoms with van der Waals surface area (Å²) >= 11 is 0. The lowest BCUT2D eigenvalue weighted by atomic mass is 9.86. The van der Waals surface area contributed by atoms with Crippen molar-refractivity contribution >= 4 is 24.0 Å². The molecule has 0 aromatic heterocycles. The van der Waals surface area contributed by atoms with Gasteiger partial charge in [-0.2, -0.15) is 0 Å². The number of carbonyl (C=O) groups is 3. The Balaban J connectivity index is 2.55. The molecular formula is C19H20O6. The van der Waals surface area contributed by atoms with Gasteiger partial charge in [-0.15, -0.1) is 0 Å². The molecule has 0 saturated heterocycles. The van der Waals surface area contributed by atoms with Crippen LogP contribution in [0.5, 0.6) is 0 Å². The Morgan fingerprint density at radius 2 is 1.96 bits per heavy atom. The number of esters is 1. The average molecular weight is 344 g/mol. The standard InChI is InChI=1S/C19H20O6/c1-4-12-11(3)14-9-25-19(24)17(14)16(18(22)23)13(12)7-5-10(2)6-8-15(20)21/h4-5H,1,6-9H2,2-3H3,(H,20,21)(H,22,23)/b10-5+. The molecule has 0 saturated carbocycles. The Hall–Kier alpha value is -2.89. The fourth-order valence-corrected chi connectivity index (χ4v) is 3.04. The zero-order valence-electron chi connectivity index (χ0n) is 14.2. The second kappa shape index (κ2) is 7.34. The van der Waals surface area contributed by atoms with Crippen LogP contribution in [0.4, 0.5) is 0 Å². The molecule has 0 radical (unpaired) electrons. The van der Waals surface area contributed by atoms with E-state index in [2.05, 4.69) is 6.58 Å². The first-order valence-electron chi connectivity index (χ1n) is 7.86. The molecule has 0 aliphatic carbocycles. The van der Waals surface area contributed by atoms with Gasteiger partial charge in [-0.1, -0.05) is 24.3 Å². The number of carboxylic acid groups (broad SMARTS) is 2. The van der Waals surface area contributed by atoms with Crippen LogP contribution >= 0.6 is 0 Å². The highest BCUT2D eigenvalue weighted by molar-refractivity contribution is 6.07. The first-order chi connectivity index (χ1) is 11.8. The van der Waals surface area contributed by atoms with Gasteiger partial charge in [-0.05, 0) is 43.4 Å². The lowest BCUT2D eigenvalue weighted by Gasteiger charge is -2.16. The molecule has 0 spiro atoms. The highest BCUT2D eigenvalue weighted by Crippen LogP contribution is 2.34. The van der Waals surface area contributed by atoms with Crippen LogP contribution in [-0.4, -0.2) is 28.1 Å². The number of benzene rings is 1. The maximum Gasteiger partial charge on any atom is 0.339 e. The van der Waals surface area contributed by atoms with E-state index in [0.717, 1.165) is 11.1 Å². The van der Waals surface area contributed by atoms with E-state index in [1.165, 1.54) is 0 Å². The van der Waals surface area contributed by atoms with Gasteiger partial charge in [-0.25, -0.2) is 9.59 Å². The van der Waals surface area contributed by atoms with Crippen LogP contribution in [0.2, 0.25) is 0 Å². The van der Waals surface area contributed by atoms with Gasteiger partial charge in [0.05, 0.1) is 11.1 Å². The minimum absolute atomic E-state index is 0.0119. The summed E-state index contributed by atoms with van der Waals surface area (Å²) in [6.07, 6.45) is 4.05. The Kier molecular flexibility index (Phi) is 5.41. The number of cyclic esters (lactones) is 1. The van der Waals surface area contributed by atoms with E-state index < -0.39 is 17.9 Å². The third kappa shape index (κ3) is 3.63. The average Bonchev–Trinajstić information content (AvgIpc) is 2.92. The highest BCUT2D eigenvalue weighted by atomic mass is 16.5. The van der Waals surface area contributed by atoms with Gasteiger partial charge in [0, 0.05) is 12.0 Å². The Morgan fingerprint density at radius 3 is 2.52 bits per heavy atom. The molecule has 2 rings (SSSR count). The van der Waals surface area contributed by atoms with E-state index in [1.807, 2.05) is 6.92 Å². The molecule has 25 heavy (non-hydrogen) atoms. The van der Waals surface area contributed by atoms with Crippen LogP contribution < -0.4 is 0 Å². The Labute approximate surface area is 145 Å². The summed E-state index contributed by atoms with van der Waals surface area (Å²) in [5.41, 5.74) is 3.45. The zero-order valence-corrected chi connectivity index (χ0v) is 14.2. The van der Waals surface area contributed by atoms with Crippen molar-refractivity contribution in [2.45, 2.75) is 39.7 Å². The minimum atomic E-state index is -1.19. The summed E-state index contributed by atoms with van der Waals surface area (Å²) in [5, 5.41) is 18.4. The first kappa shape index (κ1) is 18.4. The van der Waals surface area contributed by atoms with Crippen molar-refractivity contribution in [1.82, 2.24) is 0 Å². The van der Waals surface area contributed by atoms with Crippen LogP contribution in [0.3, 0.4) is 0 Å². The quantitative estimate of drug-likeness (QED) is 0.581. The number of carbonyl (C=O) groups excluding carboxylic acids is 1. The fourth-order valence-electron chi connectivity index (χ4n) is 3.04. The van der Waals surface area contributed by atoms with Crippen molar-refractivity contribution in [3.05, 3.63) is 51.6 Å². The summed E-state index contributed by atoms with van der Waals surface area (Å²) in [4.78, 5) is 34.5. The van der Waals surface area contributed by atoms with Gasteiger partial charge in [0.15, 0.2) is 0 Å². The number of hydrogen-bond acceptors (Lipinski definition) is 4. The molecule has 0 fully saturated rings. The molecule has 1 aliphatic rings. The monoisotopic (exact) mass is 344 g/mol. The third-order valence-electron chi connectivity index (χ3n) is 4.39. The lowest BCUT2D eigenvalue weighted by Crippen LogP contribution is -2.13. The van der Waals surface area contributed by atoms with Crippen molar-refractivity contribution in [2.75, 3.05) is 0 Å². The summed E-state index contributed by atoms with van der Waals surface area (Å²) in [7, 11) is 0.